The molecule has 7 nitrogen and oxygen atoms in total. The van der Waals surface area contributed by atoms with Crippen LogP contribution in [0.25, 0.3) is 0 Å². The average Bonchev–Trinajstić information content (AvgIpc) is 2.27. The van der Waals surface area contributed by atoms with E-state index in [0.29, 0.717) is 0 Å². The fourth-order valence-electron chi connectivity index (χ4n) is 1.10. The summed E-state index contributed by atoms with van der Waals surface area (Å²) in [6, 6.07) is 4.54. The highest BCUT2D eigenvalue weighted by molar-refractivity contribution is 7.90. The summed E-state index contributed by atoms with van der Waals surface area (Å²) in [7, 11) is -2.79. The number of urea groups is 1. The highest BCUT2D eigenvalue weighted by Crippen LogP contribution is 2.17. The number of carbonyl (C=O) groups excluding carboxylic acids is 1. The number of nitrogens with zero attached hydrogens (tertiary/aromatic N) is 1. The molecule has 0 fully saturated rings. The van der Waals surface area contributed by atoms with Gasteiger partial charge in [0.25, 0.3) is 10.0 Å². The molecule has 0 aliphatic rings. The monoisotopic (exact) mass is 254 g/mol. The number of nitrogens with one attached hydrogen (secondary N) is 2. The van der Waals surface area contributed by atoms with E-state index in [0.717, 1.165) is 0 Å². The lowest BCUT2D eigenvalue weighted by atomic mass is 10.2. The summed E-state index contributed by atoms with van der Waals surface area (Å²) in [5, 5.41) is 10.9. The van der Waals surface area contributed by atoms with Crippen LogP contribution in [0, 0.1) is 11.3 Å². The maximum Gasteiger partial charge on any atom is 0.328 e. The first-order chi connectivity index (χ1) is 7.90. The van der Waals surface area contributed by atoms with Crippen LogP contribution >= 0.6 is 0 Å². The lowest BCUT2D eigenvalue weighted by molar-refractivity contribution is 0.248. The van der Waals surface area contributed by atoms with Crippen LogP contribution in [0.2, 0.25) is 0 Å². The Labute approximate surface area is 98.3 Å². The number of hydrogen-bond acceptors (Lipinski definition) is 5. The van der Waals surface area contributed by atoms with Crippen molar-refractivity contribution < 1.29 is 13.2 Å². The Kier molecular flexibility index (Phi) is 3.55. The van der Waals surface area contributed by atoms with Gasteiger partial charge in [0.1, 0.15) is 11.0 Å². The Balaban J connectivity index is 3.25. The standard InChI is InChI=1S/C9H10N4O3S/c1-12-9(14)13-17(15,16)8-3-2-7(11)4-6(8)5-10/h2-4H,11H2,1H3,(H2,12,13,14). The minimum absolute atomic E-state index is 0.124. The molecule has 0 aliphatic heterocycles. The van der Waals surface area contributed by atoms with Crippen molar-refractivity contribution >= 4 is 21.7 Å². The van der Waals surface area contributed by atoms with Crippen molar-refractivity contribution in [1.29, 1.82) is 5.26 Å². The van der Waals surface area contributed by atoms with Gasteiger partial charge in [-0.25, -0.2) is 17.9 Å². The van der Waals surface area contributed by atoms with Crippen molar-refractivity contribution in [3.8, 4) is 6.07 Å². The summed E-state index contributed by atoms with van der Waals surface area (Å²) in [6.07, 6.45) is 0. The molecule has 0 aromatic heterocycles. The van der Waals surface area contributed by atoms with Gasteiger partial charge in [0.2, 0.25) is 0 Å². The summed E-state index contributed by atoms with van der Waals surface area (Å²) in [4.78, 5) is 10.7. The Morgan fingerprint density at radius 1 is 1.47 bits per heavy atom. The van der Waals surface area contributed by atoms with Crippen LogP contribution in [-0.4, -0.2) is 21.5 Å². The van der Waals surface area contributed by atoms with E-state index in [-0.39, 0.29) is 16.1 Å². The number of nitriles is 1. The van der Waals surface area contributed by atoms with Crippen molar-refractivity contribution in [2.24, 2.45) is 0 Å². The fourth-order valence-corrected chi connectivity index (χ4v) is 2.19. The molecule has 0 radical (unpaired) electrons. The third-order valence-electron chi connectivity index (χ3n) is 1.87. The predicted octanol–water partition coefficient (Wildman–Crippen LogP) is -0.242. The van der Waals surface area contributed by atoms with Crippen LogP contribution in [0.15, 0.2) is 23.1 Å². The summed E-state index contributed by atoms with van der Waals surface area (Å²) < 4.78 is 25.2. The topological polar surface area (TPSA) is 125 Å². The van der Waals surface area contributed by atoms with E-state index in [9.17, 15) is 13.2 Å². The lowest BCUT2D eigenvalue weighted by Crippen LogP contribution is -2.37. The first-order valence-electron chi connectivity index (χ1n) is 4.45. The largest absolute Gasteiger partial charge is 0.399 e. The number of nitrogen functional groups attached to an aromatic ring is 1. The van der Waals surface area contributed by atoms with Gasteiger partial charge in [-0.2, -0.15) is 5.26 Å². The molecule has 0 saturated heterocycles. The highest BCUT2D eigenvalue weighted by Gasteiger charge is 2.20. The molecule has 1 rings (SSSR count). The van der Waals surface area contributed by atoms with Crippen LogP contribution in [0.3, 0.4) is 0 Å². The fraction of sp³-hybridized carbons (Fsp3) is 0.111. The number of hydrogen-bond donors (Lipinski definition) is 3. The summed E-state index contributed by atoms with van der Waals surface area (Å²) in [5.41, 5.74) is 5.57. The zero-order chi connectivity index (χ0) is 13.1. The average molecular weight is 254 g/mol. The van der Waals surface area contributed by atoms with Crippen LogP contribution in [0.1, 0.15) is 5.56 Å². The minimum atomic E-state index is -4.07. The van der Waals surface area contributed by atoms with Gasteiger partial charge in [-0.1, -0.05) is 0 Å². The normalized spacial score (nSPS) is 10.4. The van der Waals surface area contributed by atoms with E-state index in [1.54, 1.807) is 10.8 Å². The molecule has 0 atom stereocenters. The minimum Gasteiger partial charge on any atom is -0.399 e. The molecule has 0 bridgehead atoms. The molecular weight excluding hydrogens is 244 g/mol. The lowest BCUT2D eigenvalue weighted by Gasteiger charge is -2.07. The van der Waals surface area contributed by atoms with Gasteiger partial charge in [0.15, 0.2) is 0 Å². The van der Waals surface area contributed by atoms with Gasteiger partial charge in [-0.15, -0.1) is 0 Å². The molecule has 0 spiro atoms. The number of nitrogens with two attached hydrogens (primary N) is 1. The third kappa shape index (κ3) is 2.85. The molecule has 0 unspecified atom stereocenters. The zero-order valence-corrected chi connectivity index (χ0v) is 9.71. The number of benzene rings is 1. The van der Waals surface area contributed by atoms with E-state index in [2.05, 4.69) is 5.32 Å². The maximum absolute atomic E-state index is 11.7. The number of sulfonamides is 1. The summed E-state index contributed by atoms with van der Waals surface area (Å²) in [5.74, 6) is 0. The first-order valence-corrected chi connectivity index (χ1v) is 5.93. The van der Waals surface area contributed by atoms with Crippen molar-refractivity contribution in [2.75, 3.05) is 12.8 Å². The summed E-state index contributed by atoms with van der Waals surface area (Å²) in [6.45, 7) is 0. The van der Waals surface area contributed by atoms with Crippen molar-refractivity contribution in [1.82, 2.24) is 10.0 Å². The third-order valence-corrected chi connectivity index (χ3v) is 3.26. The van der Waals surface area contributed by atoms with Gasteiger partial charge in [-0.3, -0.25) is 0 Å². The molecule has 90 valence electrons. The maximum atomic E-state index is 11.7. The van der Waals surface area contributed by atoms with Crippen molar-refractivity contribution in [3.05, 3.63) is 23.8 Å². The quantitative estimate of drug-likeness (QED) is 0.628. The number of carbonyl (C=O) groups is 1. The Morgan fingerprint density at radius 2 is 2.12 bits per heavy atom. The molecule has 1 aromatic rings. The smallest absolute Gasteiger partial charge is 0.328 e. The predicted molar refractivity (Wildman–Crippen MR) is 60.3 cm³/mol. The molecule has 0 heterocycles. The van der Waals surface area contributed by atoms with E-state index in [1.165, 1.54) is 25.2 Å². The first kappa shape index (κ1) is 12.8. The number of amides is 2. The van der Waals surface area contributed by atoms with Gasteiger partial charge in [0, 0.05) is 12.7 Å². The second-order valence-corrected chi connectivity index (χ2v) is 4.70. The molecule has 17 heavy (non-hydrogen) atoms. The van der Waals surface area contributed by atoms with E-state index in [4.69, 9.17) is 11.0 Å². The van der Waals surface area contributed by atoms with Crippen LogP contribution < -0.4 is 15.8 Å². The molecule has 0 saturated carbocycles. The van der Waals surface area contributed by atoms with E-state index >= 15 is 0 Å². The van der Waals surface area contributed by atoms with Gasteiger partial charge in [0.05, 0.1) is 5.56 Å². The summed E-state index contributed by atoms with van der Waals surface area (Å²) >= 11 is 0. The van der Waals surface area contributed by atoms with Crippen LogP contribution in [-0.2, 0) is 10.0 Å². The zero-order valence-electron chi connectivity index (χ0n) is 8.89. The number of anilines is 1. The van der Waals surface area contributed by atoms with E-state index < -0.39 is 16.1 Å². The van der Waals surface area contributed by atoms with E-state index in [1.807, 2.05) is 0 Å². The van der Waals surface area contributed by atoms with Crippen LogP contribution in [0.4, 0.5) is 10.5 Å². The molecular formula is C9H10N4O3S. The van der Waals surface area contributed by atoms with Gasteiger partial charge in [-0.05, 0) is 18.2 Å². The van der Waals surface area contributed by atoms with Gasteiger partial charge >= 0.3 is 6.03 Å². The second kappa shape index (κ2) is 4.71. The second-order valence-electron chi connectivity index (χ2n) is 3.05. The highest BCUT2D eigenvalue weighted by atomic mass is 32.2. The SMILES string of the molecule is CNC(=O)NS(=O)(=O)c1ccc(N)cc1C#N. The Hall–Kier alpha value is -2.27. The van der Waals surface area contributed by atoms with Crippen molar-refractivity contribution in [3.63, 3.8) is 0 Å². The van der Waals surface area contributed by atoms with Crippen LogP contribution in [0.5, 0.6) is 0 Å². The number of rotatable bonds is 2. The molecule has 1 aromatic carbocycles. The Bertz CT molecular complexity index is 589. The van der Waals surface area contributed by atoms with Gasteiger partial charge < -0.3 is 11.1 Å². The Morgan fingerprint density at radius 3 is 2.65 bits per heavy atom. The molecule has 0 aliphatic carbocycles. The molecule has 4 N–H and O–H groups in total. The molecule has 2 amide bonds. The molecule has 8 heteroatoms. The van der Waals surface area contributed by atoms with Crippen molar-refractivity contribution in [2.45, 2.75) is 4.90 Å².